The Morgan fingerprint density at radius 3 is 2.26 bits per heavy atom. The number of nitrogens with zero attached hydrogens (tertiary/aromatic N) is 2. The number of esters is 1. The smallest absolute Gasteiger partial charge is 0.344 e. The van der Waals surface area contributed by atoms with E-state index >= 15 is 0 Å². The van der Waals surface area contributed by atoms with E-state index < -0.39 is 34.0 Å². The molecule has 1 N–H and O–H groups in total. The van der Waals surface area contributed by atoms with E-state index in [9.17, 15) is 18.0 Å². The van der Waals surface area contributed by atoms with E-state index in [0.29, 0.717) is 21.4 Å². The van der Waals surface area contributed by atoms with Gasteiger partial charge >= 0.3 is 5.97 Å². The Morgan fingerprint density at radius 1 is 0.974 bits per heavy atom. The highest BCUT2D eigenvalue weighted by molar-refractivity contribution is 7.92. The van der Waals surface area contributed by atoms with Gasteiger partial charge in [0.2, 0.25) is 0 Å². The molecule has 1 amide bonds. The third-order valence-electron chi connectivity index (χ3n) is 4.84. The van der Waals surface area contributed by atoms with Crippen LogP contribution in [0.2, 0.25) is 10.0 Å². The lowest BCUT2D eigenvalue weighted by Gasteiger charge is -2.23. The van der Waals surface area contributed by atoms with Crippen molar-refractivity contribution in [3.05, 3.63) is 88.4 Å². The van der Waals surface area contributed by atoms with Gasteiger partial charge in [-0.05, 0) is 93.1 Å². The second kappa shape index (κ2) is 13.0. The summed E-state index contributed by atoms with van der Waals surface area (Å²) in [6, 6.07) is 18.4. The number of ether oxygens (including phenoxy) is 2. The number of amides is 1. The Labute approximate surface area is 237 Å². The van der Waals surface area contributed by atoms with E-state index in [1.807, 2.05) is 0 Å². The summed E-state index contributed by atoms with van der Waals surface area (Å²) in [5, 5.41) is 4.59. The summed E-state index contributed by atoms with van der Waals surface area (Å²) in [6.07, 6.45) is 1.38. The van der Waals surface area contributed by atoms with Crippen molar-refractivity contribution in [3.63, 3.8) is 0 Å². The van der Waals surface area contributed by atoms with Crippen LogP contribution in [0.4, 0.5) is 5.69 Å². The lowest BCUT2D eigenvalue weighted by Crippen LogP contribution is -2.39. The molecule has 3 rings (SSSR count). The van der Waals surface area contributed by atoms with E-state index in [2.05, 4.69) is 10.5 Å². The van der Waals surface area contributed by atoms with Crippen molar-refractivity contribution in [1.29, 1.82) is 0 Å². The number of carbonyl (C=O) groups excluding carboxylic acids is 2. The van der Waals surface area contributed by atoms with Crippen molar-refractivity contribution >= 4 is 57.0 Å². The Balaban J connectivity index is 1.65. The third-order valence-corrected chi connectivity index (χ3v) is 7.12. The summed E-state index contributed by atoms with van der Waals surface area (Å²) < 4.78 is 38.3. The minimum absolute atomic E-state index is 0.0443. The summed E-state index contributed by atoms with van der Waals surface area (Å²) >= 11 is 12.0. The van der Waals surface area contributed by atoms with Crippen molar-refractivity contribution in [3.8, 4) is 5.75 Å². The first kappa shape index (κ1) is 29.9. The number of nitrogens with one attached hydrogen (secondary N) is 1. The number of halogens is 2. The van der Waals surface area contributed by atoms with Gasteiger partial charge in [0.1, 0.15) is 17.9 Å². The molecule has 0 spiro atoms. The first-order chi connectivity index (χ1) is 18.3. The van der Waals surface area contributed by atoms with Gasteiger partial charge in [-0.1, -0.05) is 29.3 Å². The van der Waals surface area contributed by atoms with Crippen molar-refractivity contribution in [2.24, 2.45) is 5.10 Å². The first-order valence-electron chi connectivity index (χ1n) is 11.6. The van der Waals surface area contributed by atoms with Gasteiger partial charge in [-0.15, -0.1) is 0 Å². The molecule has 0 aliphatic rings. The Bertz CT molecular complexity index is 1440. The van der Waals surface area contributed by atoms with Crippen molar-refractivity contribution in [2.45, 2.75) is 31.3 Å². The fourth-order valence-electron chi connectivity index (χ4n) is 3.19. The highest BCUT2D eigenvalue weighted by Crippen LogP contribution is 2.26. The second-order valence-electron chi connectivity index (χ2n) is 9.18. The molecule has 9 nitrogen and oxygen atoms in total. The average molecular weight is 593 g/mol. The molecular formula is C27H27Cl2N3O6S. The molecule has 0 saturated heterocycles. The maximum Gasteiger partial charge on any atom is 0.344 e. The van der Waals surface area contributed by atoms with Crippen LogP contribution in [0.1, 0.15) is 26.3 Å². The van der Waals surface area contributed by atoms with E-state index in [-0.39, 0.29) is 17.2 Å². The summed E-state index contributed by atoms with van der Waals surface area (Å²) in [4.78, 5) is 24.4. The van der Waals surface area contributed by atoms with Crippen LogP contribution < -0.4 is 14.5 Å². The molecule has 0 aliphatic heterocycles. The molecule has 0 heterocycles. The van der Waals surface area contributed by atoms with Gasteiger partial charge in [0, 0.05) is 10.0 Å². The monoisotopic (exact) mass is 591 g/mol. The van der Waals surface area contributed by atoms with Gasteiger partial charge in [0.05, 0.1) is 16.8 Å². The van der Waals surface area contributed by atoms with Crippen LogP contribution in [0.25, 0.3) is 0 Å². The van der Waals surface area contributed by atoms with Crippen molar-refractivity contribution in [1.82, 2.24) is 5.43 Å². The van der Waals surface area contributed by atoms with E-state index in [0.717, 1.165) is 4.31 Å². The van der Waals surface area contributed by atoms with Crippen LogP contribution in [-0.4, -0.2) is 45.3 Å². The highest BCUT2D eigenvalue weighted by Gasteiger charge is 2.27. The van der Waals surface area contributed by atoms with Crippen LogP contribution >= 0.6 is 23.2 Å². The minimum atomic E-state index is -4.13. The third kappa shape index (κ3) is 9.27. The fraction of sp³-hybridized carbons (Fsp3) is 0.222. The topological polar surface area (TPSA) is 114 Å². The summed E-state index contributed by atoms with van der Waals surface area (Å²) in [7, 11) is -4.13. The molecule has 0 aliphatic carbocycles. The molecule has 3 aromatic carbocycles. The van der Waals surface area contributed by atoms with Gasteiger partial charge in [-0.25, -0.2) is 18.6 Å². The quantitative estimate of drug-likeness (QED) is 0.200. The van der Waals surface area contributed by atoms with Crippen LogP contribution in [0, 0.1) is 0 Å². The van der Waals surface area contributed by atoms with Crippen molar-refractivity contribution in [2.75, 3.05) is 17.5 Å². The number of hydrogen-bond acceptors (Lipinski definition) is 7. The molecule has 0 atom stereocenters. The number of sulfonamides is 1. The lowest BCUT2D eigenvalue weighted by atomic mass is 10.2. The summed E-state index contributed by atoms with van der Waals surface area (Å²) in [5.41, 5.74) is 2.56. The number of hydrazone groups is 1. The molecule has 0 aromatic heterocycles. The number of carbonyl (C=O) groups is 2. The maximum absolute atomic E-state index is 13.4. The highest BCUT2D eigenvalue weighted by atomic mass is 35.5. The molecule has 0 fully saturated rings. The fourth-order valence-corrected chi connectivity index (χ4v) is 4.91. The standard InChI is InChI=1S/C27H27Cl2N3O6S/c1-27(2,3)38-26(34)18-37-23-11-7-19(8-12-23)16-30-31-25(33)17-32(22-6-4-5-21(29)15-22)39(35,36)24-13-9-20(28)10-14-24/h4-16H,17-18H2,1-3H3,(H,31,33)/b30-16-. The predicted molar refractivity (Wildman–Crippen MR) is 151 cm³/mol. The first-order valence-corrected chi connectivity index (χ1v) is 13.8. The molecule has 39 heavy (non-hydrogen) atoms. The Hall–Kier alpha value is -3.60. The lowest BCUT2D eigenvalue weighted by molar-refractivity contribution is -0.157. The van der Waals surface area contributed by atoms with E-state index in [4.69, 9.17) is 32.7 Å². The zero-order chi connectivity index (χ0) is 28.6. The van der Waals surface area contributed by atoms with Crippen LogP contribution in [0.15, 0.2) is 82.8 Å². The van der Waals surface area contributed by atoms with Gasteiger partial charge < -0.3 is 9.47 Å². The van der Waals surface area contributed by atoms with Crippen LogP contribution in [0.3, 0.4) is 0 Å². The molecule has 0 unspecified atom stereocenters. The molecule has 0 saturated carbocycles. The predicted octanol–water partition coefficient (Wildman–Crippen LogP) is 5.06. The van der Waals surface area contributed by atoms with E-state index in [1.165, 1.54) is 42.6 Å². The zero-order valence-corrected chi connectivity index (χ0v) is 23.8. The minimum Gasteiger partial charge on any atom is -0.482 e. The van der Waals surface area contributed by atoms with Gasteiger partial charge in [0.25, 0.3) is 15.9 Å². The number of anilines is 1. The number of rotatable bonds is 10. The van der Waals surface area contributed by atoms with Crippen molar-refractivity contribution < 1.29 is 27.5 Å². The largest absolute Gasteiger partial charge is 0.482 e. The normalized spacial score (nSPS) is 11.7. The Morgan fingerprint density at radius 2 is 1.64 bits per heavy atom. The van der Waals surface area contributed by atoms with Gasteiger partial charge in [0.15, 0.2) is 6.61 Å². The zero-order valence-electron chi connectivity index (χ0n) is 21.4. The Kier molecular flexibility index (Phi) is 9.96. The molecule has 0 radical (unpaired) electrons. The summed E-state index contributed by atoms with van der Waals surface area (Å²) in [5.74, 6) is -0.714. The number of benzene rings is 3. The second-order valence-corrected chi connectivity index (χ2v) is 11.9. The van der Waals surface area contributed by atoms with Crippen LogP contribution in [-0.2, 0) is 24.3 Å². The average Bonchev–Trinajstić information content (AvgIpc) is 2.86. The molecule has 206 valence electrons. The summed E-state index contributed by atoms with van der Waals surface area (Å²) in [6.45, 7) is 4.52. The SMILES string of the molecule is CC(C)(C)OC(=O)COc1ccc(/C=N\NC(=O)CN(c2cccc(Cl)c2)S(=O)(=O)c2ccc(Cl)cc2)cc1. The van der Waals surface area contributed by atoms with Gasteiger partial charge in [-0.3, -0.25) is 9.10 Å². The molecule has 0 bridgehead atoms. The molecule has 3 aromatic rings. The maximum atomic E-state index is 13.4. The molecule has 12 heteroatoms. The van der Waals surface area contributed by atoms with E-state index in [1.54, 1.807) is 57.2 Å². The van der Waals surface area contributed by atoms with Crippen LogP contribution in [0.5, 0.6) is 5.75 Å². The number of hydrogen-bond donors (Lipinski definition) is 1. The molecular weight excluding hydrogens is 565 g/mol. The van der Waals surface area contributed by atoms with Gasteiger partial charge in [-0.2, -0.15) is 5.10 Å².